The maximum absolute atomic E-state index is 11.8. The number of carbonyl (C=O) groups is 3. The van der Waals surface area contributed by atoms with Crippen LogP contribution in [0.1, 0.15) is 37.6 Å². The maximum atomic E-state index is 11.8. The molecule has 0 unspecified atom stereocenters. The van der Waals surface area contributed by atoms with Crippen molar-refractivity contribution in [2.45, 2.75) is 33.3 Å². The predicted molar refractivity (Wildman–Crippen MR) is 70.9 cm³/mol. The van der Waals surface area contributed by atoms with E-state index in [2.05, 4.69) is 5.32 Å². The fourth-order valence-corrected chi connectivity index (χ4v) is 1.39. The van der Waals surface area contributed by atoms with Gasteiger partial charge in [-0.3, -0.25) is 14.4 Å². The average molecular weight is 263 g/mol. The average Bonchev–Trinajstić information content (AvgIpc) is 2.38. The molecule has 0 saturated carbocycles. The van der Waals surface area contributed by atoms with Crippen LogP contribution in [0.3, 0.4) is 0 Å². The normalized spacial score (nSPS) is 11.5. The van der Waals surface area contributed by atoms with Gasteiger partial charge in [0.05, 0.1) is 0 Å². The highest BCUT2D eigenvalue weighted by atomic mass is 16.5. The number of Topliss-reactive ketones (excluding diaryl/α,β-unsaturated/α-hetero) is 1. The molecule has 0 aliphatic carbocycles. The van der Waals surface area contributed by atoms with Gasteiger partial charge >= 0.3 is 5.97 Å². The molecule has 0 radical (unpaired) electrons. The van der Waals surface area contributed by atoms with E-state index in [0.29, 0.717) is 11.3 Å². The van der Waals surface area contributed by atoms with Crippen molar-refractivity contribution in [3.63, 3.8) is 0 Å². The zero-order chi connectivity index (χ0) is 14.4. The first-order chi connectivity index (χ1) is 8.93. The highest BCUT2D eigenvalue weighted by Gasteiger charge is 2.17. The van der Waals surface area contributed by atoms with Crippen LogP contribution < -0.4 is 5.32 Å². The van der Waals surface area contributed by atoms with Crippen molar-refractivity contribution >= 4 is 23.3 Å². The summed E-state index contributed by atoms with van der Waals surface area (Å²) in [6.45, 7) is 4.60. The highest BCUT2D eigenvalue weighted by molar-refractivity contribution is 5.98. The van der Waals surface area contributed by atoms with Crippen LogP contribution in [0.5, 0.6) is 0 Å². The molecular weight excluding hydrogens is 246 g/mol. The summed E-state index contributed by atoms with van der Waals surface area (Å²) in [5.41, 5.74) is 1.01. The Morgan fingerprint density at radius 1 is 1.32 bits per heavy atom. The molecule has 0 spiro atoms. The van der Waals surface area contributed by atoms with E-state index >= 15 is 0 Å². The maximum Gasteiger partial charge on any atom is 0.306 e. The Morgan fingerprint density at radius 3 is 2.58 bits per heavy atom. The topological polar surface area (TPSA) is 72.5 Å². The quantitative estimate of drug-likeness (QED) is 0.652. The van der Waals surface area contributed by atoms with Gasteiger partial charge in [-0.15, -0.1) is 0 Å². The lowest BCUT2D eigenvalue weighted by atomic mass is 10.1. The largest absolute Gasteiger partial charge is 0.453 e. The number of carbonyl (C=O) groups excluding carboxylic acids is 3. The van der Waals surface area contributed by atoms with Gasteiger partial charge in [-0.2, -0.15) is 0 Å². The fourth-order valence-electron chi connectivity index (χ4n) is 1.39. The highest BCUT2D eigenvalue weighted by Crippen LogP contribution is 2.12. The summed E-state index contributed by atoms with van der Waals surface area (Å²) in [6, 6.07) is 6.58. The Bertz CT molecular complexity index is 496. The van der Waals surface area contributed by atoms with Gasteiger partial charge in [-0.1, -0.05) is 19.1 Å². The Labute approximate surface area is 111 Å². The first-order valence-electron chi connectivity index (χ1n) is 6.05. The number of hydrogen-bond donors (Lipinski definition) is 1. The van der Waals surface area contributed by atoms with Crippen LogP contribution in [0.15, 0.2) is 24.3 Å². The fraction of sp³-hybridized carbons (Fsp3) is 0.357. The molecule has 5 heteroatoms. The van der Waals surface area contributed by atoms with Gasteiger partial charge in [-0.25, -0.2) is 0 Å². The summed E-state index contributed by atoms with van der Waals surface area (Å²) in [7, 11) is 0. The number of amides is 1. The van der Waals surface area contributed by atoms with E-state index in [1.54, 1.807) is 31.2 Å². The van der Waals surface area contributed by atoms with E-state index in [9.17, 15) is 14.4 Å². The molecule has 0 bridgehead atoms. The SMILES string of the molecule is CCC(=O)O[C@H](C)C(=O)Nc1cccc(C(C)=O)c1. The first kappa shape index (κ1) is 14.9. The Hall–Kier alpha value is -2.17. The van der Waals surface area contributed by atoms with E-state index in [-0.39, 0.29) is 12.2 Å². The molecule has 1 amide bonds. The molecule has 0 aromatic heterocycles. The number of nitrogens with one attached hydrogen (secondary N) is 1. The molecular formula is C14H17NO4. The van der Waals surface area contributed by atoms with Crippen LogP contribution in [0, 0.1) is 0 Å². The Kier molecular flexibility index (Phi) is 5.23. The first-order valence-corrected chi connectivity index (χ1v) is 6.05. The summed E-state index contributed by atoms with van der Waals surface area (Å²) < 4.78 is 4.89. The summed E-state index contributed by atoms with van der Waals surface area (Å²) in [4.78, 5) is 34.1. The minimum absolute atomic E-state index is 0.0819. The Morgan fingerprint density at radius 2 is 2.00 bits per heavy atom. The van der Waals surface area contributed by atoms with Crippen LogP contribution in [0.4, 0.5) is 5.69 Å². The van der Waals surface area contributed by atoms with Crippen LogP contribution in [0.25, 0.3) is 0 Å². The van der Waals surface area contributed by atoms with Crippen molar-refractivity contribution in [1.82, 2.24) is 0 Å². The van der Waals surface area contributed by atoms with Crippen molar-refractivity contribution in [3.05, 3.63) is 29.8 Å². The van der Waals surface area contributed by atoms with Gasteiger partial charge in [0.2, 0.25) is 0 Å². The van der Waals surface area contributed by atoms with E-state index in [4.69, 9.17) is 4.74 Å². The summed E-state index contributed by atoms with van der Waals surface area (Å²) >= 11 is 0. The number of esters is 1. The second-order valence-corrected chi connectivity index (χ2v) is 4.11. The van der Waals surface area contributed by atoms with Gasteiger partial charge < -0.3 is 10.1 Å². The molecule has 102 valence electrons. The lowest BCUT2D eigenvalue weighted by molar-refractivity contribution is -0.152. The number of anilines is 1. The minimum Gasteiger partial charge on any atom is -0.453 e. The Balaban J connectivity index is 2.68. The van der Waals surface area contributed by atoms with Gasteiger partial charge in [0.1, 0.15) is 0 Å². The molecule has 0 fully saturated rings. The third kappa shape index (κ3) is 4.54. The molecule has 1 N–H and O–H groups in total. The molecule has 1 rings (SSSR count). The monoisotopic (exact) mass is 263 g/mol. The third-order valence-electron chi connectivity index (χ3n) is 2.50. The zero-order valence-corrected chi connectivity index (χ0v) is 11.2. The summed E-state index contributed by atoms with van der Waals surface area (Å²) in [5.74, 6) is -0.941. The lowest BCUT2D eigenvalue weighted by Gasteiger charge is -2.13. The standard InChI is InChI=1S/C14H17NO4/c1-4-13(17)19-10(3)14(18)15-12-7-5-6-11(8-12)9(2)16/h5-8,10H,4H2,1-3H3,(H,15,18)/t10-/m1/s1. The molecule has 1 aromatic carbocycles. The third-order valence-corrected chi connectivity index (χ3v) is 2.50. The van der Waals surface area contributed by atoms with Gasteiger partial charge in [0.25, 0.3) is 5.91 Å². The van der Waals surface area contributed by atoms with Crippen LogP contribution in [0.2, 0.25) is 0 Å². The van der Waals surface area contributed by atoms with Crippen LogP contribution >= 0.6 is 0 Å². The second-order valence-electron chi connectivity index (χ2n) is 4.11. The molecule has 0 aliphatic rings. The van der Waals surface area contributed by atoms with Gasteiger partial charge in [0, 0.05) is 17.7 Å². The summed E-state index contributed by atoms with van der Waals surface area (Å²) in [6.07, 6.45) is -0.648. The molecule has 1 aromatic rings. The van der Waals surface area contributed by atoms with Gasteiger partial charge in [0.15, 0.2) is 11.9 Å². The molecule has 0 heterocycles. The molecule has 1 atom stereocenters. The molecule has 0 aliphatic heterocycles. The second kappa shape index (κ2) is 6.68. The number of hydrogen-bond acceptors (Lipinski definition) is 4. The van der Waals surface area contributed by atoms with Gasteiger partial charge in [-0.05, 0) is 26.0 Å². The van der Waals surface area contributed by atoms with E-state index < -0.39 is 18.0 Å². The lowest BCUT2D eigenvalue weighted by Crippen LogP contribution is -2.29. The predicted octanol–water partition coefficient (Wildman–Crippen LogP) is 2.17. The number of rotatable bonds is 5. The van der Waals surface area contributed by atoms with Crippen LogP contribution in [-0.2, 0) is 14.3 Å². The number of benzene rings is 1. The van der Waals surface area contributed by atoms with E-state index in [1.807, 2.05) is 0 Å². The van der Waals surface area contributed by atoms with E-state index in [1.165, 1.54) is 13.8 Å². The van der Waals surface area contributed by atoms with Crippen molar-refractivity contribution in [3.8, 4) is 0 Å². The number of ether oxygens (including phenoxy) is 1. The van der Waals surface area contributed by atoms with Crippen molar-refractivity contribution in [1.29, 1.82) is 0 Å². The molecule has 0 saturated heterocycles. The minimum atomic E-state index is -0.867. The van der Waals surface area contributed by atoms with E-state index in [0.717, 1.165) is 0 Å². The van der Waals surface area contributed by atoms with Crippen molar-refractivity contribution < 1.29 is 19.1 Å². The smallest absolute Gasteiger partial charge is 0.306 e. The zero-order valence-electron chi connectivity index (χ0n) is 11.2. The van der Waals surface area contributed by atoms with Crippen molar-refractivity contribution in [2.75, 3.05) is 5.32 Å². The van der Waals surface area contributed by atoms with Crippen molar-refractivity contribution in [2.24, 2.45) is 0 Å². The molecule has 5 nitrogen and oxygen atoms in total. The number of ketones is 1. The summed E-state index contributed by atoms with van der Waals surface area (Å²) in [5, 5.41) is 2.60. The van der Waals surface area contributed by atoms with Crippen LogP contribution in [-0.4, -0.2) is 23.8 Å². The molecule has 19 heavy (non-hydrogen) atoms.